The molecule has 1 rings (SSSR count). The summed E-state index contributed by atoms with van der Waals surface area (Å²) in [6.45, 7) is 7.17. The number of hydrogen-bond donors (Lipinski definition) is 3. The molecule has 0 unspecified atom stereocenters. The van der Waals surface area contributed by atoms with E-state index in [1.54, 1.807) is 58.0 Å². The van der Waals surface area contributed by atoms with Gasteiger partial charge in [0.2, 0.25) is 11.8 Å². The fourth-order valence-corrected chi connectivity index (χ4v) is 1.77. The molecule has 3 N–H and O–H groups in total. The van der Waals surface area contributed by atoms with Crippen molar-refractivity contribution in [2.24, 2.45) is 0 Å². The fourth-order valence-electron chi connectivity index (χ4n) is 1.77. The number of carbonyl (C=O) groups excluding carboxylic acids is 3. The maximum Gasteiger partial charge on any atom is 0.408 e. The van der Waals surface area contributed by atoms with Crippen molar-refractivity contribution in [1.82, 2.24) is 10.6 Å². The largest absolute Gasteiger partial charge is 0.444 e. The summed E-state index contributed by atoms with van der Waals surface area (Å²) in [6, 6.07) is 7.10. The van der Waals surface area contributed by atoms with Crippen LogP contribution in [0.25, 0.3) is 0 Å². The van der Waals surface area contributed by atoms with E-state index in [9.17, 15) is 14.4 Å². The SMILES string of the molecule is C/C=C/C(=O)Nc1ccc(CNC(=O)CNC(=O)OC(C)(C)C)cc1. The van der Waals surface area contributed by atoms with Crippen LogP contribution in [0.4, 0.5) is 10.5 Å². The molecular weight excluding hydrogens is 322 g/mol. The van der Waals surface area contributed by atoms with Crippen LogP contribution in [0.2, 0.25) is 0 Å². The molecule has 0 aliphatic rings. The number of allylic oxidation sites excluding steroid dienone is 1. The van der Waals surface area contributed by atoms with E-state index < -0.39 is 11.7 Å². The normalized spacial score (nSPS) is 11.0. The Morgan fingerprint density at radius 2 is 1.72 bits per heavy atom. The van der Waals surface area contributed by atoms with Gasteiger partial charge in [0.15, 0.2) is 0 Å². The van der Waals surface area contributed by atoms with Gasteiger partial charge in [-0.25, -0.2) is 4.79 Å². The maximum atomic E-state index is 11.7. The van der Waals surface area contributed by atoms with Gasteiger partial charge in [0.1, 0.15) is 12.1 Å². The van der Waals surface area contributed by atoms with Gasteiger partial charge in [0, 0.05) is 12.2 Å². The summed E-state index contributed by atoms with van der Waals surface area (Å²) in [7, 11) is 0. The summed E-state index contributed by atoms with van der Waals surface area (Å²) < 4.78 is 5.04. The van der Waals surface area contributed by atoms with Crippen LogP contribution in [0.15, 0.2) is 36.4 Å². The highest BCUT2D eigenvalue weighted by Crippen LogP contribution is 2.09. The van der Waals surface area contributed by atoms with E-state index >= 15 is 0 Å². The molecule has 0 spiro atoms. The molecule has 1 aromatic carbocycles. The molecule has 0 radical (unpaired) electrons. The molecule has 7 heteroatoms. The molecular formula is C18H25N3O4. The second kappa shape index (κ2) is 9.46. The minimum absolute atomic E-state index is 0.160. The van der Waals surface area contributed by atoms with E-state index in [2.05, 4.69) is 16.0 Å². The van der Waals surface area contributed by atoms with Gasteiger partial charge in [-0.2, -0.15) is 0 Å². The van der Waals surface area contributed by atoms with Crippen molar-refractivity contribution in [3.8, 4) is 0 Å². The van der Waals surface area contributed by atoms with Crippen LogP contribution in [0, 0.1) is 0 Å². The Labute approximate surface area is 147 Å². The topological polar surface area (TPSA) is 96.5 Å². The zero-order chi connectivity index (χ0) is 18.9. The van der Waals surface area contributed by atoms with E-state index in [-0.39, 0.29) is 18.4 Å². The van der Waals surface area contributed by atoms with Crippen molar-refractivity contribution in [1.29, 1.82) is 0 Å². The lowest BCUT2D eigenvalue weighted by molar-refractivity contribution is -0.120. The first kappa shape index (κ1) is 20.2. The molecule has 0 aromatic heterocycles. The molecule has 0 bridgehead atoms. The second-order valence-corrected chi connectivity index (χ2v) is 6.32. The summed E-state index contributed by atoms with van der Waals surface area (Å²) in [4.78, 5) is 34.6. The maximum absolute atomic E-state index is 11.7. The third-order valence-electron chi connectivity index (χ3n) is 2.82. The van der Waals surface area contributed by atoms with E-state index in [0.717, 1.165) is 5.56 Å². The highest BCUT2D eigenvalue weighted by Gasteiger charge is 2.16. The summed E-state index contributed by atoms with van der Waals surface area (Å²) in [6.07, 6.45) is 2.46. The molecule has 7 nitrogen and oxygen atoms in total. The third kappa shape index (κ3) is 9.14. The number of ether oxygens (including phenoxy) is 1. The number of rotatable bonds is 6. The Hall–Kier alpha value is -2.83. The monoisotopic (exact) mass is 347 g/mol. The zero-order valence-corrected chi connectivity index (χ0v) is 15.0. The Bertz CT molecular complexity index is 631. The number of hydrogen-bond acceptors (Lipinski definition) is 4. The standard InChI is InChI=1S/C18H25N3O4/c1-5-6-15(22)21-14-9-7-13(8-10-14)11-19-16(23)12-20-17(24)25-18(2,3)4/h5-10H,11-12H2,1-4H3,(H,19,23)(H,20,24)(H,21,22)/b6-5+. The van der Waals surface area contributed by atoms with Gasteiger partial charge < -0.3 is 20.7 Å². The average molecular weight is 347 g/mol. The van der Waals surface area contributed by atoms with Crippen molar-refractivity contribution in [3.05, 3.63) is 42.0 Å². The van der Waals surface area contributed by atoms with Gasteiger partial charge in [0.25, 0.3) is 0 Å². The van der Waals surface area contributed by atoms with Gasteiger partial charge in [-0.3, -0.25) is 9.59 Å². The molecule has 3 amide bonds. The van der Waals surface area contributed by atoms with Crippen molar-refractivity contribution < 1.29 is 19.1 Å². The predicted molar refractivity (Wildman–Crippen MR) is 96.0 cm³/mol. The van der Waals surface area contributed by atoms with Gasteiger partial charge in [0.05, 0.1) is 0 Å². The Kier molecular flexibility index (Phi) is 7.65. The lowest BCUT2D eigenvalue weighted by Gasteiger charge is -2.19. The van der Waals surface area contributed by atoms with Crippen LogP contribution < -0.4 is 16.0 Å². The number of amides is 3. The van der Waals surface area contributed by atoms with Gasteiger partial charge >= 0.3 is 6.09 Å². The molecule has 0 saturated heterocycles. The van der Waals surface area contributed by atoms with Crippen LogP contribution in [-0.4, -0.2) is 30.1 Å². The van der Waals surface area contributed by atoms with Gasteiger partial charge in [-0.15, -0.1) is 0 Å². The molecule has 25 heavy (non-hydrogen) atoms. The first-order chi connectivity index (χ1) is 11.7. The van der Waals surface area contributed by atoms with Gasteiger partial charge in [-0.05, 0) is 51.5 Å². The minimum atomic E-state index is -0.635. The quantitative estimate of drug-likeness (QED) is 0.688. The molecule has 136 valence electrons. The lowest BCUT2D eigenvalue weighted by atomic mass is 10.2. The zero-order valence-electron chi connectivity index (χ0n) is 15.0. The van der Waals surface area contributed by atoms with Crippen LogP contribution in [0.1, 0.15) is 33.3 Å². The van der Waals surface area contributed by atoms with E-state index in [4.69, 9.17) is 4.74 Å². The van der Waals surface area contributed by atoms with Crippen LogP contribution in [0.3, 0.4) is 0 Å². The molecule has 0 atom stereocenters. The van der Waals surface area contributed by atoms with Crippen molar-refractivity contribution in [2.45, 2.75) is 39.8 Å². The van der Waals surface area contributed by atoms with Crippen LogP contribution in [0.5, 0.6) is 0 Å². The van der Waals surface area contributed by atoms with Crippen molar-refractivity contribution in [3.63, 3.8) is 0 Å². The fraction of sp³-hybridized carbons (Fsp3) is 0.389. The first-order valence-electron chi connectivity index (χ1n) is 7.96. The smallest absolute Gasteiger partial charge is 0.408 e. The summed E-state index contributed by atoms with van der Waals surface area (Å²) in [5.41, 5.74) is 0.935. The van der Waals surface area contributed by atoms with E-state index in [1.807, 2.05) is 0 Å². The van der Waals surface area contributed by atoms with Crippen LogP contribution in [-0.2, 0) is 20.9 Å². The van der Waals surface area contributed by atoms with E-state index in [1.165, 1.54) is 6.08 Å². The number of carbonyl (C=O) groups is 3. The number of alkyl carbamates (subject to hydrolysis) is 1. The number of anilines is 1. The molecule has 0 aliphatic carbocycles. The molecule has 0 fully saturated rings. The second-order valence-electron chi connectivity index (χ2n) is 6.32. The molecule has 0 saturated carbocycles. The highest BCUT2D eigenvalue weighted by atomic mass is 16.6. The predicted octanol–water partition coefficient (Wildman–Crippen LogP) is 2.34. The molecule has 0 aliphatic heterocycles. The highest BCUT2D eigenvalue weighted by molar-refractivity contribution is 5.99. The number of benzene rings is 1. The molecule has 1 aromatic rings. The minimum Gasteiger partial charge on any atom is -0.444 e. The molecule has 0 heterocycles. The first-order valence-corrected chi connectivity index (χ1v) is 7.96. The summed E-state index contributed by atoms with van der Waals surface area (Å²) in [5, 5.41) is 7.79. The van der Waals surface area contributed by atoms with E-state index in [0.29, 0.717) is 12.2 Å². The average Bonchev–Trinajstić information content (AvgIpc) is 2.51. The van der Waals surface area contributed by atoms with Crippen molar-refractivity contribution >= 4 is 23.6 Å². The van der Waals surface area contributed by atoms with Crippen LogP contribution >= 0.6 is 0 Å². The third-order valence-corrected chi connectivity index (χ3v) is 2.82. The Morgan fingerprint density at radius 3 is 2.28 bits per heavy atom. The Morgan fingerprint density at radius 1 is 1.08 bits per heavy atom. The summed E-state index contributed by atoms with van der Waals surface area (Å²) in [5.74, 6) is -0.520. The lowest BCUT2D eigenvalue weighted by Crippen LogP contribution is -2.39. The van der Waals surface area contributed by atoms with Crippen molar-refractivity contribution in [2.75, 3.05) is 11.9 Å². The summed E-state index contributed by atoms with van der Waals surface area (Å²) >= 11 is 0. The Balaban J connectivity index is 2.36. The number of nitrogens with one attached hydrogen (secondary N) is 3. The van der Waals surface area contributed by atoms with Gasteiger partial charge in [-0.1, -0.05) is 18.2 Å².